The number of hydrogen-bond acceptors (Lipinski definition) is 3. The number of aliphatic hydroxyl groups excluding tert-OH is 1. The lowest BCUT2D eigenvalue weighted by Gasteiger charge is -2.35. The predicted octanol–water partition coefficient (Wildman–Crippen LogP) is 2.70. The van der Waals surface area contributed by atoms with Gasteiger partial charge in [0, 0.05) is 45.0 Å². The number of anilines is 1. The summed E-state index contributed by atoms with van der Waals surface area (Å²) in [6, 6.07) is 10.7. The molecule has 0 heterocycles. The third-order valence-electron chi connectivity index (χ3n) is 5.32. The van der Waals surface area contributed by atoms with Crippen LogP contribution in [0.5, 0.6) is 0 Å². The molecule has 1 saturated carbocycles. The van der Waals surface area contributed by atoms with E-state index in [1.54, 1.807) is 0 Å². The molecule has 0 bridgehead atoms. The van der Waals surface area contributed by atoms with E-state index in [0.717, 1.165) is 31.4 Å². The Balaban J connectivity index is 1.77. The predicted molar refractivity (Wildman–Crippen MR) is 98.3 cm³/mol. The van der Waals surface area contributed by atoms with Crippen LogP contribution in [0.15, 0.2) is 30.3 Å². The Labute approximate surface area is 145 Å². The highest BCUT2D eigenvalue weighted by Crippen LogP contribution is 2.26. The zero-order valence-electron chi connectivity index (χ0n) is 15.1. The lowest BCUT2D eigenvalue weighted by Crippen LogP contribution is -2.48. The number of para-hydroxylation sites is 1. The molecule has 1 fully saturated rings. The molecule has 0 radical (unpaired) electrons. The Morgan fingerprint density at radius 1 is 1.21 bits per heavy atom. The van der Waals surface area contributed by atoms with Gasteiger partial charge < -0.3 is 20.2 Å². The highest BCUT2D eigenvalue weighted by molar-refractivity contribution is 5.74. The Kier molecular flexibility index (Phi) is 6.91. The second kappa shape index (κ2) is 8.92. The first-order chi connectivity index (χ1) is 11.5. The van der Waals surface area contributed by atoms with Crippen molar-refractivity contribution in [2.24, 2.45) is 5.92 Å². The summed E-state index contributed by atoms with van der Waals surface area (Å²) in [5.74, 6) is 0.414. The number of benzene rings is 1. The van der Waals surface area contributed by atoms with Crippen molar-refractivity contribution in [3.63, 3.8) is 0 Å². The number of urea groups is 1. The molecule has 1 aromatic rings. The number of hydrogen-bond donors (Lipinski definition) is 2. The third-order valence-corrected chi connectivity index (χ3v) is 5.32. The molecule has 1 aromatic carbocycles. The number of carbonyl (C=O) groups is 1. The van der Waals surface area contributed by atoms with Crippen LogP contribution in [0, 0.1) is 5.92 Å². The molecule has 2 rings (SSSR count). The van der Waals surface area contributed by atoms with Crippen molar-refractivity contribution in [1.29, 1.82) is 0 Å². The minimum Gasteiger partial charge on any atom is -0.396 e. The molecule has 2 N–H and O–H groups in total. The molecule has 5 nitrogen and oxygen atoms in total. The highest BCUT2D eigenvalue weighted by Gasteiger charge is 2.26. The van der Waals surface area contributed by atoms with E-state index in [-0.39, 0.29) is 24.7 Å². The average Bonchev–Trinajstić information content (AvgIpc) is 2.65. The first-order valence-electron chi connectivity index (χ1n) is 8.92. The molecule has 0 saturated heterocycles. The molecule has 5 heteroatoms. The van der Waals surface area contributed by atoms with Crippen molar-refractivity contribution in [3.05, 3.63) is 30.3 Å². The maximum Gasteiger partial charge on any atom is 0.317 e. The van der Waals surface area contributed by atoms with Gasteiger partial charge in [-0.05, 0) is 50.7 Å². The molecule has 134 valence electrons. The fourth-order valence-corrected chi connectivity index (χ4v) is 3.29. The number of rotatable bonds is 6. The molecule has 2 amide bonds. The van der Waals surface area contributed by atoms with Crippen molar-refractivity contribution in [2.75, 3.05) is 32.1 Å². The largest absolute Gasteiger partial charge is 0.396 e. The Bertz CT molecular complexity index is 501. The molecule has 0 aromatic heterocycles. The molecule has 1 aliphatic rings. The third kappa shape index (κ3) is 4.87. The van der Waals surface area contributed by atoms with Crippen LogP contribution in [0.4, 0.5) is 10.5 Å². The number of nitrogens with zero attached hydrogens (tertiary/aromatic N) is 2. The lowest BCUT2D eigenvalue weighted by molar-refractivity contribution is 0.134. The summed E-state index contributed by atoms with van der Waals surface area (Å²) in [6.45, 7) is 2.99. The van der Waals surface area contributed by atoms with Crippen molar-refractivity contribution in [3.8, 4) is 0 Å². The highest BCUT2D eigenvalue weighted by atomic mass is 16.3. The van der Waals surface area contributed by atoms with E-state index in [2.05, 4.69) is 29.3 Å². The van der Waals surface area contributed by atoms with Crippen LogP contribution in [0.3, 0.4) is 0 Å². The van der Waals surface area contributed by atoms with Crippen LogP contribution < -0.4 is 10.2 Å². The van der Waals surface area contributed by atoms with Crippen LogP contribution >= 0.6 is 0 Å². The van der Waals surface area contributed by atoms with Gasteiger partial charge in [-0.3, -0.25) is 0 Å². The van der Waals surface area contributed by atoms with Gasteiger partial charge in [-0.25, -0.2) is 4.79 Å². The fourth-order valence-electron chi connectivity index (χ4n) is 3.29. The van der Waals surface area contributed by atoms with Gasteiger partial charge in [0.25, 0.3) is 0 Å². The quantitative estimate of drug-likeness (QED) is 0.841. The molecular formula is C19H31N3O2. The molecule has 0 spiro atoms. The van der Waals surface area contributed by atoms with Crippen molar-refractivity contribution < 1.29 is 9.90 Å². The van der Waals surface area contributed by atoms with E-state index in [9.17, 15) is 9.90 Å². The summed E-state index contributed by atoms with van der Waals surface area (Å²) in [7, 11) is 3.93. The van der Waals surface area contributed by atoms with Crippen LogP contribution in [-0.4, -0.2) is 55.4 Å². The van der Waals surface area contributed by atoms with Gasteiger partial charge >= 0.3 is 6.03 Å². The topological polar surface area (TPSA) is 55.8 Å². The van der Waals surface area contributed by atoms with Gasteiger partial charge in [-0.15, -0.1) is 0 Å². The minimum absolute atomic E-state index is 0.00393. The summed E-state index contributed by atoms with van der Waals surface area (Å²) < 4.78 is 0. The lowest BCUT2D eigenvalue weighted by atomic mass is 9.86. The summed E-state index contributed by atoms with van der Waals surface area (Å²) in [5, 5.41) is 12.3. The maximum absolute atomic E-state index is 12.4. The fraction of sp³-hybridized carbons (Fsp3) is 0.632. The number of aliphatic hydroxyl groups is 1. The second-order valence-corrected chi connectivity index (χ2v) is 6.95. The van der Waals surface area contributed by atoms with E-state index in [4.69, 9.17) is 0 Å². The maximum atomic E-state index is 12.4. The van der Waals surface area contributed by atoms with Gasteiger partial charge in [-0.1, -0.05) is 18.2 Å². The van der Waals surface area contributed by atoms with Gasteiger partial charge in [0.1, 0.15) is 0 Å². The van der Waals surface area contributed by atoms with Gasteiger partial charge in [0.05, 0.1) is 0 Å². The number of amides is 2. The summed E-state index contributed by atoms with van der Waals surface area (Å²) in [6.07, 6.45) is 3.97. The molecule has 0 aliphatic heterocycles. The summed E-state index contributed by atoms with van der Waals surface area (Å²) >= 11 is 0. The van der Waals surface area contributed by atoms with Crippen LogP contribution in [-0.2, 0) is 0 Å². The van der Waals surface area contributed by atoms with Crippen LogP contribution in [0.2, 0.25) is 0 Å². The monoisotopic (exact) mass is 333 g/mol. The molecular weight excluding hydrogens is 302 g/mol. The molecule has 1 aliphatic carbocycles. The second-order valence-electron chi connectivity index (χ2n) is 6.95. The number of likely N-dealkylation sites (N-methyl/N-ethyl adjacent to an activating group) is 1. The summed E-state index contributed by atoms with van der Waals surface area (Å²) in [5.41, 5.74) is 1.15. The SMILES string of the molecule is CC(CNC(=O)N(C)C1CCC(CO)CC1)N(C)c1ccccc1. The first kappa shape index (κ1) is 18.6. The molecule has 24 heavy (non-hydrogen) atoms. The van der Waals surface area contributed by atoms with Crippen LogP contribution in [0.1, 0.15) is 32.6 Å². The Morgan fingerprint density at radius 3 is 2.42 bits per heavy atom. The zero-order valence-corrected chi connectivity index (χ0v) is 15.1. The molecule has 1 unspecified atom stereocenters. The smallest absolute Gasteiger partial charge is 0.317 e. The van der Waals surface area contributed by atoms with E-state index < -0.39 is 0 Å². The van der Waals surface area contributed by atoms with Gasteiger partial charge in [-0.2, -0.15) is 0 Å². The summed E-state index contributed by atoms with van der Waals surface area (Å²) in [4.78, 5) is 16.4. The number of carbonyl (C=O) groups excluding carboxylic acids is 1. The van der Waals surface area contributed by atoms with Crippen molar-refractivity contribution >= 4 is 11.7 Å². The van der Waals surface area contributed by atoms with Gasteiger partial charge in [0.15, 0.2) is 0 Å². The standard InChI is InChI=1S/C19H31N3O2/c1-15(21(2)17-7-5-4-6-8-17)13-20-19(24)22(3)18-11-9-16(14-23)10-12-18/h4-8,15-16,18,23H,9-14H2,1-3H3,(H,20,24). The van der Waals surface area contributed by atoms with E-state index >= 15 is 0 Å². The molecule has 1 atom stereocenters. The Morgan fingerprint density at radius 2 is 1.83 bits per heavy atom. The van der Waals surface area contributed by atoms with E-state index in [1.807, 2.05) is 37.2 Å². The van der Waals surface area contributed by atoms with Crippen molar-refractivity contribution in [2.45, 2.75) is 44.7 Å². The Hall–Kier alpha value is -1.75. The van der Waals surface area contributed by atoms with Crippen molar-refractivity contribution in [1.82, 2.24) is 10.2 Å². The minimum atomic E-state index is -0.00393. The average molecular weight is 333 g/mol. The van der Waals surface area contributed by atoms with E-state index in [1.165, 1.54) is 0 Å². The van der Waals surface area contributed by atoms with Crippen LogP contribution in [0.25, 0.3) is 0 Å². The first-order valence-corrected chi connectivity index (χ1v) is 8.92. The van der Waals surface area contributed by atoms with Gasteiger partial charge in [0.2, 0.25) is 0 Å². The van der Waals surface area contributed by atoms with E-state index in [0.29, 0.717) is 12.5 Å². The number of nitrogens with one attached hydrogen (secondary N) is 1. The normalized spacial score (nSPS) is 21.8. The zero-order chi connectivity index (χ0) is 17.5.